The maximum Gasteiger partial charge on any atom is 0.369 e. The molecule has 1 fully saturated rings. The molecule has 0 saturated heterocycles. The number of nitriles is 1. The standard InChI is InChI=1S/C18H16N2OS.C18H13NO3.C16H18N4O3.C12H9BrN2O3/c1-13-17(14(2)21)11-16(12-19)18(20-13)22-10-6-9-15-7-4-3-5-8-15;1-11-6-9-16(21-11)18(20)19-12-7-8-14-13-4-2-3-5-15(13)22-17(14)10-12;1-11-15(10-17-12-4-2-3-5-12)16(21)19(18-11)13-6-8-14(9-7-13)20(22)23;13-10-3-1-8(2-4-10)11(14)15-18-12(16)9-5-6-17-7-9/h3-9,11H,10H2,1-2H3;2-10H,1H3,(H,19,20);6-10,12,18H,2-5H2,1H3;1-7H,(H2,14,15)/b9-6+;;;. The number of amidine groups is 1. The summed E-state index contributed by atoms with van der Waals surface area (Å²) in [6, 6.07) is 45.5. The summed E-state index contributed by atoms with van der Waals surface area (Å²) in [6.45, 7) is 6.90. The van der Waals surface area contributed by atoms with Crippen LogP contribution >= 0.6 is 27.7 Å². The molecule has 10 aromatic rings. The molecule has 1 aliphatic rings. The number of thioether (sulfide) groups is 1. The molecule has 5 aromatic heterocycles. The first-order chi connectivity index (χ1) is 41.0. The third-order valence-electron chi connectivity index (χ3n) is 13.0. The van der Waals surface area contributed by atoms with Gasteiger partial charge in [-0.15, -0.1) is 11.8 Å². The number of anilines is 1. The van der Waals surface area contributed by atoms with Crippen LogP contribution in [0.5, 0.6) is 0 Å². The number of H-pyrrole nitrogens is 1. The first-order valence-corrected chi connectivity index (χ1v) is 28.3. The number of nitro groups is 1. The van der Waals surface area contributed by atoms with Crippen molar-refractivity contribution in [2.75, 3.05) is 11.1 Å². The lowest BCUT2D eigenvalue weighted by molar-refractivity contribution is -0.384. The average Bonchev–Trinajstić information content (AvgIpc) is 3.92. The number of nitrogens with one attached hydrogen (secondary N) is 2. The Labute approximate surface area is 500 Å². The summed E-state index contributed by atoms with van der Waals surface area (Å²) < 4.78 is 18.2. The van der Waals surface area contributed by atoms with Crippen molar-refractivity contribution in [3.63, 3.8) is 0 Å². The number of amides is 1. The van der Waals surface area contributed by atoms with Crippen LogP contribution in [0.4, 0.5) is 11.4 Å². The summed E-state index contributed by atoms with van der Waals surface area (Å²) in [5.74, 6) is 0.879. The number of aliphatic imine (C=N–C) groups is 1. The molecule has 0 radical (unpaired) electrons. The van der Waals surface area contributed by atoms with Gasteiger partial charge in [-0.2, -0.15) is 5.26 Å². The quantitative estimate of drug-likeness (QED) is 0.0174. The predicted octanol–water partition coefficient (Wildman–Crippen LogP) is 14.3. The van der Waals surface area contributed by atoms with Gasteiger partial charge in [-0.05, 0) is 113 Å². The largest absolute Gasteiger partial charge is 0.472 e. The molecule has 5 aromatic carbocycles. The van der Waals surface area contributed by atoms with Crippen molar-refractivity contribution in [1.29, 1.82) is 5.26 Å². The van der Waals surface area contributed by atoms with E-state index in [9.17, 15) is 34.6 Å². The van der Waals surface area contributed by atoms with Crippen LogP contribution in [0.2, 0.25) is 0 Å². The van der Waals surface area contributed by atoms with Crippen LogP contribution in [0.15, 0.2) is 202 Å². The van der Waals surface area contributed by atoms with Gasteiger partial charge in [0.15, 0.2) is 17.4 Å². The zero-order valence-electron chi connectivity index (χ0n) is 46.5. The monoisotopic (exact) mass is 1220 g/mol. The van der Waals surface area contributed by atoms with Gasteiger partial charge < -0.3 is 29.1 Å². The number of nitrogens with zero attached hydrogens (tertiary/aromatic N) is 6. The fourth-order valence-corrected chi connectivity index (χ4v) is 9.68. The van der Waals surface area contributed by atoms with Crippen molar-refractivity contribution in [2.45, 2.75) is 64.4 Å². The Kier molecular flexibility index (Phi) is 20.9. The highest BCUT2D eigenvalue weighted by Gasteiger charge is 2.18. The molecule has 0 atom stereocenters. The second kappa shape index (κ2) is 29.2. The van der Waals surface area contributed by atoms with Gasteiger partial charge in [-0.1, -0.05) is 107 Å². The number of furan rings is 3. The maximum absolute atomic E-state index is 12.5. The second-order valence-electron chi connectivity index (χ2n) is 19.1. The number of benzene rings is 5. The molecule has 430 valence electrons. The highest BCUT2D eigenvalue weighted by atomic mass is 79.9. The van der Waals surface area contributed by atoms with Crippen LogP contribution in [-0.4, -0.2) is 61.2 Å². The molecule has 21 heteroatoms. The van der Waals surface area contributed by atoms with E-state index in [1.807, 2.05) is 104 Å². The van der Waals surface area contributed by atoms with Crippen LogP contribution in [0.3, 0.4) is 0 Å². The summed E-state index contributed by atoms with van der Waals surface area (Å²) in [7, 11) is 0. The molecular formula is C64H56BrN9O10S. The molecular weight excluding hydrogens is 1170 g/mol. The zero-order chi connectivity index (χ0) is 60.4. The number of fused-ring (bicyclic) bond motifs is 3. The minimum Gasteiger partial charge on any atom is -0.472 e. The number of aryl methyl sites for hydroxylation is 3. The Morgan fingerprint density at radius 1 is 0.906 bits per heavy atom. The molecule has 1 amide bonds. The van der Waals surface area contributed by atoms with Gasteiger partial charge in [0.2, 0.25) is 0 Å². The molecule has 11 rings (SSSR count). The molecule has 85 heavy (non-hydrogen) atoms. The number of oxime groups is 1. The summed E-state index contributed by atoms with van der Waals surface area (Å²) >= 11 is 4.80. The number of rotatable bonds is 14. The molecule has 1 aliphatic carbocycles. The van der Waals surface area contributed by atoms with Crippen LogP contribution < -0.4 is 16.6 Å². The number of pyridine rings is 1. The first kappa shape index (κ1) is 60.9. The molecule has 4 N–H and O–H groups in total. The van der Waals surface area contributed by atoms with Crippen LogP contribution in [0.25, 0.3) is 33.7 Å². The van der Waals surface area contributed by atoms with E-state index < -0.39 is 10.9 Å². The Bertz CT molecular complexity index is 4170. The lowest BCUT2D eigenvalue weighted by atomic mass is 10.1. The van der Waals surface area contributed by atoms with Gasteiger partial charge in [-0.25, -0.2) is 14.5 Å². The van der Waals surface area contributed by atoms with E-state index in [1.54, 1.807) is 62.5 Å². The minimum atomic E-state index is -0.621. The molecule has 0 unspecified atom stereocenters. The highest BCUT2D eigenvalue weighted by Crippen LogP contribution is 2.31. The zero-order valence-corrected chi connectivity index (χ0v) is 48.9. The van der Waals surface area contributed by atoms with E-state index in [0.717, 1.165) is 56.3 Å². The number of hydrogen-bond acceptors (Lipinski definition) is 15. The lowest BCUT2D eigenvalue weighted by Gasteiger charge is -2.06. The molecule has 19 nitrogen and oxygen atoms in total. The SMILES string of the molecule is CC(=O)c1cc(C#N)c(SC/C=C/c2ccccc2)nc1C.Cc1[nH]n(-c2ccc([N+](=O)[O-])cc2)c(=O)c1C=NC1CCCC1.Cc1ccc(C(=O)Nc2ccc3c(c2)oc2ccccc23)o1.N/C(=N\OC(=O)c1ccoc1)c1ccc(Br)cc1. The number of aromatic amines is 1. The number of Topliss-reactive ketones (excluding diaryl/α,β-unsaturated/α-hetero) is 1. The first-order valence-electron chi connectivity index (χ1n) is 26.5. The van der Waals surface area contributed by atoms with E-state index in [2.05, 4.69) is 52.4 Å². The van der Waals surface area contributed by atoms with Crippen molar-refractivity contribution in [3.05, 3.63) is 245 Å². The lowest BCUT2D eigenvalue weighted by Crippen LogP contribution is -2.17. The summed E-state index contributed by atoms with van der Waals surface area (Å²) in [5.41, 5.74) is 13.3. The molecule has 1 saturated carbocycles. The number of nitro benzene ring substituents is 1. The van der Waals surface area contributed by atoms with Crippen LogP contribution in [-0.2, 0) is 4.84 Å². The van der Waals surface area contributed by atoms with Crippen molar-refractivity contribution in [1.82, 2.24) is 14.8 Å². The van der Waals surface area contributed by atoms with Gasteiger partial charge in [0.1, 0.15) is 39.8 Å². The number of aromatic nitrogens is 3. The van der Waals surface area contributed by atoms with Crippen molar-refractivity contribution >= 4 is 96.8 Å². The summed E-state index contributed by atoms with van der Waals surface area (Å²) in [5, 5.41) is 32.1. The number of hydrogen-bond donors (Lipinski definition) is 3. The van der Waals surface area contributed by atoms with E-state index in [-0.39, 0.29) is 34.3 Å². The maximum atomic E-state index is 12.5. The Morgan fingerprint density at radius 2 is 1.62 bits per heavy atom. The topological polar surface area (TPSA) is 280 Å². The van der Waals surface area contributed by atoms with E-state index >= 15 is 0 Å². The molecule has 0 aliphatic heterocycles. The number of halogens is 1. The fraction of sp³-hybridized carbons (Fsp3) is 0.156. The summed E-state index contributed by atoms with van der Waals surface area (Å²) in [4.78, 5) is 71.4. The van der Waals surface area contributed by atoms with Gasteiger partial charge in [0.25, 0.3) is 17.2 Å². The second-order valence-corrected chi connectivity index (χ2v) is 21.0. The van der Waals surface area contributed by atoms with E-state index in [1.165, 1.54) is 66.9 Å². The smallest absolute Gasteiger partial charge is 0.369 e. The van der Waals surface area contributed by atoms with E-state index in [0.29, 0.717) is 61.9 Å². The number of ketones is 1. The fourth-order valence-electron chi connectivity index (χ4n) is 8.61. The number of carbonyl (C=O) groups excluding carboxylic acids is 3. The number of non-ortho nitro benzene ring substituents is 1. The Morgan fingerprint density at radius 3 is 2.29 bits per heavy atom. The Balaban J connectivity index is 0.000000148. The van der Waals surface area contributed by atoms with Gasteiger partial charge in [-0.3, -0.25) is 34.6 Å². The van der Waals surface area contributed by atoms with Crippen LogP contribution in [0, 0.1) is 42.2 Å². The molecule has 0 spiro atoms. The minimum absolute atomic E-state index is 0.00639. The third-order valence-corrected chi connectivity index (χ3v) is 14.5. The van der Waals surface area contributed by atoms with E-state index in [4.69, 9.17) is 19.0 Å². The average molecular weight is 1220 g/mol. The predicted molar refractivity (Wildman–Crippen MR) is 332 cm³/mol. The Hall–Kier alpha value is -10.2. The van der Waals surface area contributed by atoms with Crippen molar-refractivity contribution < 1.29 is 37.4 Å². The van der Waals surface area contributed by atoms with Crippen molar-refractivity contribution in [3.8, 4) is 11.8 Å². The van der Waals surface area contributed by atoms with Crippen LogP contribution in [0.1, 0.15) is 103 Å². The molecule has 0 bridgehead atoms. The summed E-state index contributed by atoms with van der Waals surface area (Å²) in [6.07, 6.45) is 12.9. The van der Waals surface area contributed by atoms with Crippen molar-refractivity contribution in [2.24, 2.45) is 15.9 Å². The van der Waals surface area contributed by atoms with Gasteiger partial charge in [0.05, 0.1) is 28.0 Å². The number of para-hydroxylation sites is 1. The van der Waals surface area contributed by atoms with Gasteiger partial charge >= 0.3 is 5.97 Å². The number of nitrogens with two attached hydrogens (primary N) is 1. The van der Waals surface area contributed by atoms with Gasteiger partial charge in [0, 0.05) is 79.7 Å². The third kappa shape index (κ3) is 16.5. The molecule has 5 heterocycles. The highest BCUT2D eigenvalue weighted by molar-refractivity contribution is 9.10. The normalized spacial score (nSPS) is 12.2. The number of carbonyl (C=O) groups is 3.